The molecule has 2 aromatic carbocycles. The van der Waals surface area contributed by atoms with Gasteiger partial charge in [-0.25, -0.2) is 5.48 Å². The molecule has 37 heavy (non-hydrogen) atoms. The summed E-state index contributed by atoms with van der Waals surface area (Å²) in [5, 5.41) is 17.4. The first-order chi connectivity index (χ1) is 17.6. The molecule has 7 nitrogen and oxygen atoms in total. The number of carbonyl (C=O) groups excluding carboxylic acids is 2. The zero-order valence-corrected chi connectivity index (χ0v) is 23.4. The fourth-order valence-corrected chi connectivity index (χ4v) is 3.90. The number of allylic oxidation sites excluding steroid dienone is 2. The molecule has 2 atom stereocenters. The molecule has 7 heteroatoms. The van der Waals surface area contributed by atoms with Crippen molar-refractivity contribution in [1.29, 1.82) is 0 Å². The molecule has 2 amide bonds. The van der Waals surface area contributed by atoms with Gasteiger partial charge in [0.2, 0.25) is 11.8 Å². The number of carbonyl (C=O) groups is 2. The number of nitrogens with one attached hydrogen (secondary N) is 3. The molecule has 6 N–H and O–H groups in total. The van der Waals surface area contributed by atoms with E-state index in [2.05, 4.69) is 80.4 Å². The molecule has 0 bridgehead atoms. The summed E-state index contributed by atoms with van der Waals surface area (Å²) in [4.78, 5) is 23.6. The first kappa shape index (κ1) is 31.7. The van der Waals surface area contributed by atoms with Crippen LogP contribution in [-0.4, -0.2) is 29.6 Å². The molecule has 1 aliphatic rings. The Morgan fingerprint density at radius 1 is 1.03 bits per heavy atom. The van der Waals surface area contributed by atoms with Crippen molar-refractivity contribution in [3.63, 3.8) is 0 Å². The van der Waals surface area contributed by atoms with E-state index in [1.165, 1.54) is 21.9 Å². The van der Waals surface area contributed by atoms with Crippen LogP contribution in [0, 0.1) is 18.8 Å². The first-order valence-electron chi connectivity index (χ1n) is 13.2. The highest BCUT2D eigenvalue weighted by Crippen LogP contribution is 2.36. The van der Waals surface area contributed by atoms with Gasteiger partial charge in [0.05, 0.1) is 12.6 Å². The van der Waals surface area contributed by atoms with Crippen LogP contribution in [-0.2, 0) is 9.59 Å². The van der Waals surface area contributed by atoms with E-state index in [4.69, 9.17) is 10.9 Å². The second-order valence-electron chi connectivity index (χ2n) is 9.65. The van der Waals surface area contributed by atoms with Crippen LogP contribution in [0.25, 0.3) is 10.8 Å². The third kappa shape index (κ3) is 12.0. The van der Waals surface area contributed by atoms with E-state index in [0.717, 1.165) is 25.0 Å². The summed E-state index contributed by atoms with van der Waals surface area (Å²) in [5.74, 6) is -0.238. The van der Waals surface area contributed by atoms with Gasteiger partial charge >= 0.3 is 0 Å². The average Bonchev–Trinajstić information content (AvgIpc) is 3.70. The molecule has 0 aliphatic heterocycles. The smallest absolute Gasteiger partial charge is 0.244 e. The highest BCUT2D eigenvalue weighted by atomic mass is 16.5. The summed E-state index contributed by atoms with van der Waals surface area (Å²) in [5.41, 5.74) is 11.2. The van der Waals surface area contributed by atoms with Crippen LogP contribution >= 0.6 is 0 Å². The monoisotopic (exact) mass is 510 g/mol. The van der Waals surface area contributed by atoms with E-state index in [1.807, 2.05) is 13.8 Å². The summed E-state index contributed by atoms with van der Waals surface area (Å²) in [7, 11) is 0. The lowest BCUT2D eigenvalue weighted by atomic mass is 9.90. The Morgan fingerprint density at radius 3 is 2.19 bits per heavy atom. The van der Waals surface area contributed by atoms with E-state index in [9.17, 15) is 9.59 Å². The molecular formula is C30H46N4O3. The lowest BCUT2D eigenvalue weighted by Gasteiger charge is -2.23. The highest BCUT2D eigenvalue weighted by Gasteiger charge is 2.27. The number of nitrogens with two attached hydrogens (primary N) is 1. The third-order valence-corrected chi connectivity index (χ3v) is 5.88. The lowest BCUT2D eigenvalue weighted by molar-refractivity contribution is -0.130. The van der Waals surface area contributed by atoms with Gasteiger partial charge in [0.1, 0.15) is 0 Å². The first-order valence-corrected chi connectivity index (χ1v) is 13.2. The SMILES string of the molecule is C=C(N)C(C)NC(=O)CNC(=C1CC1)C(CC(=O)NO)CC(C)C.CC.Cc1ccc2ccccc2c1. The maximum Gasteiger partial charge on any atom is 0.244 e. The largest absolute Gasteiger partial charge is 0.401 e. The Labute approximate surface area is 222 Å². The molecule has 1 fully saturated rings. The van der Waals surface area contributed by atoms with Crippen LogP contribution in [0.1, 0.15) is 65.9 Å². The van der Waals surface area contributed by atoms with Crippen LogP contribution in [0.4, 0.5) is 0 Å². The van der Waals surface area contributed by atoms with Crippen LogP contribution in [0.15, 0.2) is 66.0 Å². The van der Waals surface area contributed by atoms with Gasteiger partial charge in [0.15, 0.2) is 0 Å². The summed E-state index contributed by atoms with van der Waals surface area (Å²) in [6.45, 7) is 15.8. The number of hydroxylamine groups is 1. The molecule has 0 spiro atoms. The van der Waals surface area contributed by atoms with Gasteiger partial charge in [-0.2, -0.15) is 0 Å². The van der Waals surface area contributed by atoms with Crippen molar-refractivity contribution in [3.05, 3.63) is 71.6 Å². The number of fused-ring (bicyclic) bond motifs is 1. The van der Waals surface area contributed by atoms with Gasteiger partial charge in [0.25, 0.3) is 0 Å². The van der Waals surface area contributed by atoms with Crippen molar-refractivity contribution in [3.8, 4) is 0 Å². The molecule has 2 unspecified atom stereocenters. The summed E-state index contributed by atoms with van der Waals surface area (Å²) in [6, 6.07) is 14.6. The zero-order valence-electron chi connectivity index (χ0n) is 23.4. The van der Waals surface area contributed by atoms with E-state index in [1.54, 1.807) is 12.4 Å². The second kappa shape index (κ2) is 16.4. The van der Waals surface area contributed by atoms with Crippen molar-refractivity contribution in [1.82, 2.24) is 16.1 Å². The van der Waals surface area contributed by atoms with E-state index >= 15 is 0 Å². The minimum absolute atomic E-state index is 0.0376. The van der Waals surface area contributed by atoms with Gasteiger partial charge in [-0.05, 0) is 49.8 Å². The number of benzene rings is 2. The predicted molar refractivity (Wildman–Crippen MR) is 153 cm³/mol. The molecule has 204 valence electrons. The fourth-order valence-electron chi connectivity index (χ4n) is 3.90. The second-order valence-corrected chi connectivity index (χ2v) is 9.65. The number of hydrogen-bond acceptors (Lipinski definition) is 5. The number of amides is 2. The Balaban J connectivity index is 0.000000432. The van der Waals surface area contributed by atoms with Crippen LogP contribution in [0.3, 0.4) is 0 Å². The van der Waals surface area contributed by atoms with Crippen molar-refractivity contribution in [2.45, 2.75) is 73.3 Å². The van der Waals surface area contributed by atoms with E-state index < -0.39 is 5.91 Å². The Hall–Kier alpha value is -3.32. The Morgan fingerprint density at radius 2 is 1.65 bits per heavy atom. The molecular weight excluding hydrogens is 464 g/mol. The van der Waals surface area contributed by atoms with Crippen molar-refractivity contribution >= 4 is 22.6 Å². The quantitative estimate of drug-likeness (QED) is 0.219. The molecule has 3 rings (SSSR count). The maximum absolute atomic E-state index is 12.0. The summed E-state index contributed by atoms with van der Waals surface area (Å²) in [6.07, 6.45) is 2.96. The molecule has 0 saturated heterocycles. The van der Waals surface area contributed by atoms with Crippen molar-refractivity contribution in [2.75, 3.05) is 6.54 Å². The van der Waals surface area contributed by atoms with Crippen LogP contribution in [0.2, 0.25) is 0 Å². The number of aryl methyl sites for hydroxylation is 1. The average molecular weight is 511 g/mol. The molecule has 2 aromatic rings. The lowest BCUT2D eigenvalue weighted by Crippen LogP contribution is -2.41. The molecule has 1 saturated carbocycles. The Kier molecular flexibility index (Phi) is 14.1. The standard InChI is InChI=1S/C17H30N4O3.C11H10.C2H6/c1-10(2)7-14(8-15(22)21-24)17(13-5-6-13)19-9-16(23)20-12(4)11(3)18;1-9-6-7-10-4-2-3-5-11(10)8-9;1-2/h10,12,14,19,24H,3,5-9,18H2,1-2,4H3,(H,20,23)(H,21,22);2-8H,1H3;1-2H3. The minimum atomic E-state index is -0.418. The van der Waals surface area contributed by atoms with Gasteiger partial charge in [-0.1, -0.05) is 87.9 Å². The van der Waals surface area contributed by atoms with E-state index in [-0.39, 0.29) is 30.8 Å². The highest BCUT2D eigenvalue weighted by molar-refractivity contribution is 5.83. The number of rotatable bonds is 10. The fraction of sp³-hybridized carbons (Fsp3) is 0.467. The topological polar surface area (TPSA) is 116 Å². The molecule has 1 aliphatic carbocycles. The van der Waals surface area contributed by atoms with Crippen molar-refractivity contribution < 1.29 is 14.8 Å². The predicted octanol–water partition coefficient (Wildman–Crippen LogP) is 5.33. The van der Waals surface area contributed by atoms with Gasteiger partial charge < -0.3 is 16.4 Å². The number of hydrogen-bond donors (Lipinski definition) is 5. The van der Waals surface area contributed by atoms with Crippen molar-refractivity contribution in [2.24, 2.45) is 17.6 Å². The molecule has 0 heterocycles. The van der Waals surface area contributed by atoms with Gasteiger partial charge in [0, 0.05) is 23.7 Å². The summed E-state index contributed by atoms with van der Waals surface area (Å²) < 4.78 is 0. The van der Waals surface area contributed by atoms with Gasteiger partial charge in [-0.3, -0.25) is 14.8 Å². The van der Waals surface area contributed by atoms with Crippen LogP contribution in [0.5, 0.6) is 0 Å². The third-order valence-electron chi connectivity index (χ3n) is 5.88. The molecule has 0 aromatic heterocycles. The normalized spacial score (nSPS) is 13.2. The summed E-state index contributed by atoms with van der Waals surface area (Å²) >= 11 is 0. The minimum Gasteiger partial charge on any atom is -0.401 e. The van der Waals surface area contributed by atoms with E-state index in [0.29, 0.717) is 11.6 Å². The molecule has 0 radical (unpaired) electrons. The van der Waals surface area contributed by atoms with Crippen LogP contribution < -0.4 is 21.8 Å². The maximum atomic E-state index is 12.0. The Bertz CT molecular complexity index is 1060. The zero-order chi connectivity index (χ0) is 28.0. The van der Waals surface area contributed by atoms with Gasteiger partial charge in [-0.15, -0.1) is 0 Å².